The van der Waals surface area contributed by atoms with Crippen molar-refractivity contribution in [3.05, 3.63) is 0 Å². The Morgan fingerprint density at radius 1 is 0.829 bits per heavy atom. The van der Waals surface area contributed by atoms with E-state index in [0.717, 1.165) is 38.5 Å². The maximum absolute atomic E-state index is 12.7. The summed E-state index contributed by atoms with van der Waals surface area (Å²) < 4.78 is 5.56. The largest absolute Gasteiger partial charge is 0.480 e. The van der Waals surface area contributed by atoms with E-state index in [1.165, 1.54) is 32.1 Å². The highest BCUT2D eigenvalue weighted by Crippen LogP contribution is 2.27. The minimum absolute atomic E-state index is 0.000878. The molecule has 11 heteroatoms. The van der Waals surface area contributed by atoms with Crippen molar-refractivity contribution < 1.29 is 34.1 Å². The highest BCUT2D eigenvalue weighted by Gasteiger charge is 2.21. The third kappa shape index (κ3) is 19.8. The zero-order valence-corrected chi connectivity index (χ0v) is 25.6. The first-order valence-corrected chi connectivity index (χ1v) is 15.5. The van der Waals surface area contributed by atoms with Gasteiger partial charge in [-0.25, -0.2) is 0 Å². The van der Waals surface area contributed by atoms with Gasteiger partial charge in [-0.2, -0.15) is 0 Å². The quantitative estimate of drug-likeness (QED) is 0.129. The van der Waals surface area contributed by atoms with Crippen LogP contribution in [-0.4, -0.2) is 127 Å². The van der Waals surface area contributed by atoms with E-state index in [4.69, 9.17) is 20.7 Å². The number of rotatable bonds is 26. The molecule has 11 nitrogen and oxygen atoms in total. The third-order valence-corrected chi connectivity index (χ3v) is 7.86. The molecule has 0 amide bonds. The minimum atomic E-state index is -0.900. The number of carboxylic acids is 2. The van der Waals surface area contributed by atoms with Crippen LogP contribution in [0, 0.1) is 5.92 Å². The Morgan fingerprint density at radius 3 is 2.10 bits per heavy atom. The summed E-state index contributed by atoms with van der Waals surface area (Å²) in [5.41, 5.74) is 6.09. The summed E-state index contributed by atoms with van der Waals surface area (Å²) in [6, 6.07) is -0.410. The highest BCUT2D eigenvalue weighted by molar-refractivity contribution is 5.84. The summed E-state index contributed by atoms with van der Waals surface area (Å²) >= 11 is 0. The van der Waals surface area contributed by atoms with Crippen LogP contribution in [0.15, 0.2) is 0 Å². The maximum atomic E-state index is 12.7. The zero-order chi connectivity index (χ0) is 30.5. The van der Waals surface area contributed by atoms with Gasteiger partial charge in [0.2, 0.25) is 0 Å². The van der Waals surface area contributed by atoms with Gasteiger partial charge in [0.1, 0.15) is 12.4 Å². The van der Waals surface area contributed by atoms with E-state index >= 15 is 0 Å². The van der Waals surface area contributed by atoms with Gasteiger partial charge in [0.05, 0.1) is 25.7 Å². The van der Waals surface area contributed by atoms with Crippen molar-refractivity contribution in [2.45, 2.75) is 90.0 Å². The van der Waals surface area contributed by atoms with Crippen LogP contribution in [0.2, 0.25) is 0 Å². The minimum Gasteiger partial charge on any atom is -0.480 e. The fourth-order valence-electron chi connectivity index (χ4n) is 5.29. The number of hydrogen-bond acceptors (Lipinski definition) is 9. The monoisotopic (exact) mass is 584 g/mol. The van der Waals surface area contributed by atoms with Gasteiger partial charge in [-0.3, -0.25) is 33.9 Å². The molecule has 1 fully saturated rings. The molecule has 0 bridgehead atoms. The first kappa shape index (κ1) is 37.1. The molecule has 41 heavy (non-hydrogen) atoms. The van der Waals surface area contributed by atoms with Crippen LogP contribution in [0.25, 0.3) is 0 Å². The molecule has 0 aromatic carbocycles. The molecule has 1 rings (SSSR count). The molecule has 0 saturated heterocycles. The van der Waals surface area contributed by atoms with E-state index in [-0.39, 0.29) is 37.8 Å². The van der Waals surface area contributed by atoms with Crippen molar-refractivity contribution in [2.24, 2.45) is 11.7 Å². The first-order chi connectivity index (χ1) is 19.6. The Labute approximate surface area is 246 Å². The van der Waals surface area contributed by atoms with Crippen LogP contribution in [0.1, 0.15) is 84.0 Å². The van der Waals surface area contributed by atoms with Gasteiger partial charge in [0.25, 0.3) is 0 Å². The number of nitrogens with zero attached hydrogens (tertiary/aromatic N) is 3. The number of likely N-dealkylation sites (N-methyl/N-ethyl adjacent to an activating group) is 2. The molecule has 0 aromatic rings. The van der Waals surface area contributed by atoms with Crippen LogP contribution < -0.4 is 5.73 Å². The maximum Gasteiger partial charge on any atom is 0.317 e. The van der Waals surface area contributed by atoms with Gasteiger partial charge >= 0.3 is 11.9 Å². The molecule has 0 aliphatic heterocycles. The van der Waals surface area contributed by atoms with E-state index < -0.39 is 18.0 Å². The summed E-state index contributed by atoms with van der Waals surface area (Å²) in [5.74, 6) is -1.06. The van der Waals surface area contributed by atoms with Crippen molar-refractivity contribution in [1.82, 2.24) is 14.7 Å². The molecular weight excluding hydrogens is 528 g/mol. The molecule has 0 heterocycles. The van der Waals surface area contributed by atoms with Crippen LogP contribution in [0.4, 0.5) is 0 Å². The van der Waals surface area contributed by atoms with Crippen molar-refractivity contribution in [1.29, 1.82) is 0 Å². The van der Waals surface area contributed by atoms with Crippen molar-refractivity contribution in [2.75, 3.05) is 72.6 Å². The van der Waals surface area contributed by atoms with E-state index in [2.05, 4.69) is 0 Å². The molecule has 0 spiro atoms. The number of carboxylic acid groups (broad SMARTS) is 2. The van der Waals surface area contributed by atoms with Crippen molar-refractivity contribution in [3.8, 4) is 0 Å². The lowest BCUT2D eigenvalue weighted by atomic mass is 9.84. The lowest BCUT2D eigenvalue weighted by Gasteiger charge is -2.27. The number of hydrogen-bond donors (Lipinski definition) is 3. The summed E-state index contributed by atoms with van der Waals surface area (Å²) in [6.45, 7) is 5.40. The summed E-state index contributed by atoms with van der Waals surface area (Å²) in [6.07, 6.45) is 12.0. The van der Waals surface area contributed by atoms with Gasteiger partial charge in [0, 0.05) is 39.2 Å². The number of ether oxygens (including phenoxy) is 1. The number of nitrogens with two attached hydrogens (primary N) is 1. The van der Waals surface area contributed by atoms with Crippen LogP contribution in [-0.2, 0) is 23.9 Å². The standard InChI is InChI=1S/C30H56N4O7/c1-3-33(23-30(39)40)17-18-34(16-15-32(2)22-29(37)38)21-26(35)14-10-5-4-6-11-19-41-24-28(36)27(31)20-25-12-8-7-9-13-25/h25,27H,3-24,31H2,1-2H3,(H,37,38)(H,39,40)/t27-/m1/s1. The van der Waals surface area contributed by atoms with Crippen molar-refractivity contribution in [3.63, 3.8) is 0 Å². The Morgan fingerprint density at radius 2 is 1.44 bits per heavy atom. The molecule has 1 atom stereocenters. The summed E-state index contributed by atoms with van der Waals surface area (Å²) in [4.78, 5) is 52.4. The van der Waals surface area contributed by atoms with Gasteiger partial charge in [0.15, 0.2) is 5.78 Å². The van der Waals surface area contributed by atoms with E-state index in [0.29, 0.717) is 51.7 Å². The van der Waals surface area contributed by atoms with Crippen LogP contribution in [0.5, 0.6) is 0 Å². The molecule has 1 aliphatic rings. The molecular formula is C30H56N4O7. The summed E-state index contributed by atoms with van der Waals surface area (Å²) in [5, 5.41) is 18.1. The van der Waals surface area contributed by atoms with Gasteiger partial charge in [-0.1, -0.05) is 58.3 Å². The fraction of sp³-hybridized carbons (Fsp3) is 0.867. The lowest BCUT2D eigenvalue weighted by Crippen LogP contribution is -2.43. The topological polar surface area (TPSA) is 154 Å². The molecule has 238 valence electrons. The van der Waals surface area contributed by atoms with Gasteiger partial charge in [-0.05, 0) is 38.8 Å². The molecule has 1 aliphatic carbocycles. The number of carbonyl (C=O) groups is 4. The number of Topliss-reactive ketones (excluding diaryl/α,β-unsaturated/α-hetero) is 2. The Bertz CT molecular complexity index is 761. The zero-order valence-electron chi connectivity index (χ0n) is 25.6. The number of unbranched alkanes of at least 4 members (excludes halogenated alkanes) is 4. The average molecular weight is 585 g/mol. The molecule has 0 radical (unpaired) electrons. The lowest BCUT2D eigenvalue weighted by molar-refractivity contribution is -0.139. The van der Waals surface area contributed by atoms with E-state index in [9.17, 15) is 19.2 Å². The fourth-order valence-corrected chi connectivity index (χ4v) is 5.29. The SMILES string of the molecule is CCN(CCN(CCN(C)CC(=O)O)CC(=O)CCCCCCCOCC(=O)[C@H](N)CC1CCCCC1)CC(=O)O. The van der Waals surface area contributed by atoms with E-state index in [1.807, 2.05) is 16.7 Å². The number of ketones is 2. The van der Waals surface area contributed by atoms with Crippen LogP contribution >= 0.6 is 0 Å². The molecule has 1 saturated carbocycles. The first-order valence-electron chi connectivity index (χ1n) is 15.5. The predicted molar refractivity (Wildman–Crippen MR) is 159 cm³/mol. The normalized spacial score (nSPS) is 15.1. The van der Waals surface area contributed by atoms with Gasteiger partial charge in [-0.15, -0.1) is 0 Å². The average Bonchev–Trinajstić information content (AvgIpc) is 2.92. The second kappa shape index (κ2) is 22.6. The Kier molecular flexibility index (Phi) is 20.5. The second-order valence-corrected chi connectivity index (χ2v) is 11.6. The Balaban J connectivity index is 2.22. The summed E-state index contributed by atoms with van der Waals surface area (Å²) in [7, 11) is 1.73. The number of carbonyl (C=O) groups excluding carboxylic acids is 2. The van der Waals surface area contributed by atoms with Crippen LogP contribution in [0.3, 0.4) is 0 Å². The smallest absolute Gasteiger partial charge is 0.317 e. The highest BCUT2D eigenvalue weighted by atomic mass is 16.5. The molecule has 0 aromatic heterocycles. The van der Waals surface area contributed by atoms with Gasteiger partial charge < -0.3 is 20.7 Å². The third-order valence-electron chi connectivity index (χ3n) is 7.86. The second-order valence-electron chi connectivity index (χ2n) is 11.6. The molecule has 4 N–H and O–H groups in total. The van der Waals surface area contributed by atoms with E-state index in [1.54, 1.807) is 11.9 Å². The number of aliphatic carboxylic acids is 2. The molecule has 0 unspecified atom stereocenters. The van der Waals surface area contributed by atoms with Crippen molar-refractivity contribution >= 4 is 23.5 Å². The predicted octanol–water partition coefficient (Wildman–Crippen LogP) is 2.50. The Hall–Kier alpha value is -1.92.